The Morgan fingerprint density at radius 1 is 1.14 bits per heavy atom. The second kappa shape index (κ2) is 6.31. The molecule has 1 unspecified atom stereocenters. The zero-order valence-corrected chi connectivity index (χ0v) is 12.2. The van der Waals surface area contributed by atoms with Crippen LogP contribution in [0.2, 0.25) is 0 Å². The predicted octanol–water partition coefficient (Wildman–Crippen LogP) is 2.46. The van der Waals surface area contributed by atoms with Gasteiger partial charge < -0.3 is 10.0 Å². The molecule has 21 heavy (non-hydrogen) atoms. The molecule has 1 aromatic rings. The molecule has 0 amide bonds. The zero-order chi connectivity index (χ0) is 14.7. The summed E-state index contributed by atoms with van der Waals surface area (Å²) < 4.78 is 0. The summed E-state index contributed by atoms with van der Waals surface area (Å²) in [5.74, 6) is -0.910. The van der Waals surface area contributed by atoms with Crippen LogP contribution in [0.3, 0.4) is 0 Å². The lowest BCUT2D eigenvalue weighted by atomic mass is 9.99. The van der Waals surface area contributed by atoms with Crippen molar-refractivity contribution in [1.29, 1.82) is 0 Å². The highest BCUT2D eigenvalue weighted by Crippen LogP contribution is 2.25. The molecule has 0 saturated carbocycles. The van der Waals surface area contributed by atoms with E-state index in [9.17, 15) is 4.79 Å². The van der Waals surface area contributed by atoms with Crippen LogP contribution in [0.25, 0.3) is 6.08 Å². The molecule has 4 heteroatoms. The number of aliphatic carboxylic acids is 1. The lowest BCUT2D eigenvalue weighted by Gasteiger charge is -2.45. The molecule has 1 atom stereocenters. The second-order valence-corrected chi connectivity index (χ2v) is 5.89. The summed E-state index contributed by atoms with van der Waals surface area (Å²) in [5, 5.41) is 8.64. The van der Waals surface area contributed by atoms with Crippen LogP contribution in [0.15, 0.2) is 30.3 Å². The van der Waals surface area contributed by atoms with Crippen molar-refractivity contribution in [3.63, 3.8) is 0 Å². The van der Waals surface area contributed by atoms with E-state index >= 15 is 0 Å². The summed E-state index contributed by atoms with van der Waals surface area (Å²) in [5.41, 5.74) is 2.17. The lowest BCUT2D eigenvalue weighted by molar-refractivity contribution is -0.131. The molecule has 0 bridgehead atoms. The monoisotopic (exact) mass is 286 g/mol. The molecule has 112 valence electrons. The highest BCUT2D eigenvalue weighted by Gasteiger charge is 2.28. The van der Waals surface area contributed by atoms with Crippen LogP contribution in [0, 0.1) is 0 Å². The number of fused-ring (bicyclic) bond motifs is 1. The molecular weight excluding hydrogens is 264 g/mol. The zero-order valence-electron chi connectivity index (χ0n) is 12.2. The van der Waals surface area contributed by atoms with Gasteiger partial charge in [-0.2, -0.15) is 0 Å². The van der Waals surface area contributed by atoms with Crippen molar-refractivity contribution in [2.75, 3.05) is 31.1 Å². The fourth-order valence-electron chi connectivity index (χ4n) is 3.35. The molecule has 1 aromatic carbocycles. The van der Waals surface area contributed by atoms with Gasteiger partial charge in [0.15, 0.2) is 0 Å². The summed E-state index contributed by atoms with van der Waals surface area (Å²) in [4.78, 5) is 15.6. The van der Waals surface area contributed by atoms with Crippen LogP contribution < -0.4 is 4.90 Å². The van der Waals surface area contributed by atoms with Gasteiger partial charge in [0, 0.05) is 37.4 Å². The largest absolute Gasteiger partial charge is 0.478 e. The number of carbonyl (C=O) groups is 1. The molecular formula is C17H22N2O2. The molecule has 0 aliphatic carbocycles. The summed E-state index contributed by atoms with van der Waals surface area (Å²) in [6.07, 6.45) is 6.83. The average Bonchev–Trinajstić information content (AvgIpc) is 2.53. The Bertz CT molecular complexity index is 524. The fourth-order valence-corrected chi connectivity index (χ4v) is 3.35. The maximum absolute atomic E-state index is 10.5. The molecule has 2 aliphatic rings. The van der Waals surface area contributed by atoms with Gasteiger partial charge in [0.05, 0.1) is 0 Å². The third-order valence-electron chi connectivity index (χ3n) is 4.51. The third-order valence-corrected chi connectivity index (χ3v) is 4.51. The minimum atomic E-state index is -0.910. The highest BCUT2D eigenvalue weighted by molar-refractivity contribution is 5.85. The Morgan fingerprint density at radius 2 is 1.95 bits per heavy atom. The summed E-state index contributed by atoms with van der Waals surface area (Å²) in [6, 6.07) is 8.88. The minimum Gasteiger partial charge on any atom is -0.478 e. The lowest BCUT2D eigenvalue weighted by Crippen LogP contribution is -2.54. The average molecular weight is 286 g/mol. The van der Waals surface area contributed by atoms with E-state index in [1.54, 1.807) is 6.08 Å². The smallest absolute Gasteiger partial charge is 0.328 e. The molecule has 3 rings (SSSR count). The van der Waals surface area contributed by atoms with Crippen molar-refractivity contribution >= 4 is 17.7 Å². The molecule has 4 nitrogen and oxygen atoms in total. The summed E-state index contributed by atoms with van der Waals surface area (Å²) >= 11 is 0. The first kappa shape index (κ1) is 14.1. The number of hydrogen-bond acceptors (Lipinski definition) is 3. The molecule has 1 N–H and O–H groups in total. The van der Waals surface area contributed by atoms with Crippen LogP contribution in [-0.4, -0.2) is 48.2 Å². The summed E-state index contributed by atoms with van der Waals surface area (Å²) in [6.45, 7) is 4.62. The van der Waals surface area contributed by atoms with E-state index in [1.165, 1.54) is 37.6 Å². The Labute approximate surface area is 125 Å². The normalized spacial score (nSPS) is 23.2. The number of piperazine rings is 1. The van der Waals surface area contributed by atoms with E-state index in [1.807, 2.05) is 12.1 Å². The number of nitrogens with zero attached hydrogens (tertiary/aromatic N) is 2. The van der Waals surface area contributed by atoms with Gasteiger partial charge in [0.1, 0.15) is 0 Å². The van der Waals surface area contributed by atoms with E-state index in [4.69, 9.17) is 5.11 Å². The topological polar surface area (TPSA) is 43.8 Å². The van der Waals surface area contributed by atoms with Gasteiger partial charge in [-0.25, -0.2) is 4.79 Å². The first-order valence-electron chi connectivity index (χ1n) is 7.72. The maximum Gasteiger partial charge on any atom is 0.328 e. The van der Waals surface area contributed by atoms with Crippen molar-refractivity contribution < 1.29 is 9.90 Å². The molecule has 0 radical (unpaired) electrons. The van der Waals surface area contributed by atoms with Gasteiger partial charge in [-0.3, -0.25) is 4.90 Å². The first-order valence-corrected chi connectivity index (χ1v) is 7.72. The quantitative estimate of drug-likeness (QED) is 0.867. The van der Waals surface area contributed by atoms with Gasteiger partial charge in [-0.15, -0.1) is 0 Å². The predicted molar refractivity (Wildman–Crippen MR) is 84.5 cm³/mol. The van der Waals surface area contributed by atoms with Crippen LogP contribution >= 0.6 is 0 Å². The number of anilines is 1. The Balaban J connectivity index is 1.65. The number of carboxylic acid groups (broad SMARTS) is 1. The van der Waals surface area contributed by atoms with Gasteiger partial charge in [0.2, 0.25) is 0 Å². The van der Waals surface area contributed by atoms with E-state index in [2.05, 4.69) is 21.9 Å². The Hall–Kier alpha value is -1.81. The highest BCUT2D eigenvalue weighted by atomic mass is 16.4. The Morgan fingerprint density at radius 3 is 2.71 bits per heavy atom. The van der Waals surface area contributed by atoms with Crippen LogP contribution in [0.1, 0.15) is 24.8 Å². The second-order valence-electron chi connectivity index (χ2n) is 5.89. The number of rotatable bonds is 3. The van der Waals surface area contributed by atoms with Crippen molar-refractivity contribution in [1.82, 2.24) is 4.90 Å². The fraction of sp³-hybridized carbons (Fsp3) is 0.471. The van der Waals surface area contributed by atoms with Crippen molar-refractivity contribution in [2.24, 2.45) is 0 Å². The van der Waals surface area contributed by atoms with Gasteiger partial charge in [-0.1, -0.05) is 18.6 Å². The maximum atomic E-state index is 10.5. The molecule has 2 aliphatic heterocycles. The molecule has 2 saturated heterocycles. The van der Waals surface area contributed by atoms with E-state index < -0.39 is 5.97 Å². The van der Waals surface area contributed by atoms with Gasteiger partial charge in [0.25, 0.3) is 0 Å². The third kappa shape index (κ3) is 3.45. The van der Waals surface area contributed by atoms with Crippen molar-refractivity contribution in [2.45, 2.75) is 25.3 Å². The molecule has 2 fully saturated rings. The standard InChI is InChI=1S/C17H22N2O2/c20-17(21)9-6-14-4-7-15(8-5-14)19-12-11-18-10-2-1-3-16(18)13-19/h4-9,16H,1-3,10-13H2,(H,20,21)/b9-6+. The first-order chi connectivity index (χ1) is 10.2. The van der Waals surface area contributed by atoms with E-state index in [-0.39, 0.29) is 0 Å². The van der Waals surface area contributed by atoms with Crippen molar-refractivity contribution in [3.8, 4) is 0 Å². The SMILES string of the molecule is O=C(O)/C=C/c1ccc(N2CCN3CCCCC3C2)cc1. The van der Waals surface area contributed by atoms with Crippen molar-refractivity contribution in [3.05, 3.63) is 35.9 Å². The number of hydrogen-bond donors (Lipinski definition) is 1. The minimum absolute atomic E-state index is 0.707. The van der Waals surface area contributed by atoms with E-state index in [0.29, 0.717) is 6.04 Å². The van der Waals surface area contributed by atoms with Crippen LogP contribution in [0.4, 0.5) is 5.69 Å². The van der Waals surface area contributed by atoms with Crippen LogP contribution in [0.5, 0.6) is 0 Å². The van der Waals surface area contributed by atoms with Gasteiger partial charge in [-0.05, 0) is 43.2 Å². The van der Waals surface area contributed by atoms with Gasteiger partial charge >= 0.3 is 5.97 Å². The number of piperidine rings is 1. The van der Waals surface area contributed by atoms with Crippen LogP contribution in [-0.2, 0) is 4.79 Å². The molecule has 2 heterocycles. The van der Waals surface area contributed by atoms with E-state index in [0.717, 1.165) is 25.2 Å². The summed E-state index contributed by atoms with van der Waals surface area (Å²) in [7, 11) is 0. The number of benzene rings is 1. The molecule has 0 spiro atoms. The number of carboxylic acids is 1. The molecule has 0 aromatic heterocycles. The Kier molecular flexibility index (Phi) is 4.25.